The van der Waals surface area contributed by atoms with E-state index in [1.165, 1.54) is 0 Å². The summed E-state index contributed by atoms with van der Waals surface area (Å²) >= 11 is 0. The van der Waals surface area contributed by atoms with E-state index in [0.717, 1.165) is 91.3 Å². The van der Waals surface area contributed by atoms with Gasteiger partial charge in [-0.15, -0.1) is 0 Å². The van der Waals surface area contributed by atoms with Crippen molar-refractivity contribution in [1.29, 1.82) is 0 Å². The van der Waals surface area contributed by atoms with E-state index in [4.69, 9.17) is 9.47 Å². The number of unbranched alkanes of at least 4 members (excludes halogenated alkanes) is 1. The summed E-state index contributed by atoms with van der Waals surface area (Å²) in [5.41, 5.74) is 5.73. The second-order valence-electron chi connectivity index (χ2n) is 10.8. The summed E-state index contributed by atoms with van der Waals surface area (Å²) in [6, 6.07) is 22.7. The van der Waals surface area contributed by atoms with E-state index in [9.17, 15) is 4.79 Å². The van der Waals surface area contributed by atoms with Gasteiger partial charge in [-0.25, -0.2) is 0 Å². The Morgan fingerprint density at radius 2 is 1.88 bits per heavy atom. The van der Waals surface area contributed by atoms with Gasteiger partial charge in [-0.2, -0.15) is 0 Å². The second-order valence-corrected chi connectivity index (χ2v) is 10.8. The minimum Gasteiger partial charge on any atom is -0.493 e. The molecule has 0 bridgehead atoms. The predicted octanol–water partition coefficient (Wildman–Crippen LogP) is 6.18. The first-order valence-corrected chi connectivity index (χ1v) is 14.5. The third kappa shape index (κ3) is 5.86. The van der Waals surface area contributed by atoms with Crippen molar-refractivity contribution in [3.05, 3.63) is 78.5 Å². The molecule has 7 heteroatoms. The van der Waals surface area contributed by atoms with E-state index >= 15 is 0 Å². The lowest BCUT2D eigenvalue weighted by Crippen LogP contribution is -2.36. The summed E-state index contributed by atoms with van der Waals surface area (Å²) in [5, 5.41) is 4.69. The van der Waals surface area contributed by atoms with Crippen LogP contribution in [0.25, 0.3) is 22.0 Å². The molecule has 2 aliphatic heterocycles. The zero-order valence-corrected chi connectivity index (χ0v) is 23.2. The summed E-state index contributed by atoms with van der Waals surface area (Å²) in [6.45, 7) is 8.14. The first kappa shape index (κ1) is 26.4. The molecule has 1 atom stereocenters. The molecular weight excluding hydrogens is 500 g/mol. The van der Waals surface area contributed by atoms with Gasteiger partial charge in [0.2, 0.25) is 0 Å². The highest BCUT2D eigenvalue weighted by atomic mass is 16.5. The van der Waals surface area contributed by atoms with Crippen LogP contribution in [0.15, 0.2) is 72.9 Å². The van der Waals surface area contributed by atoms with Crippen LogP contribution in [-0.4, -0.2) is 67.8 Å². The maximum atomic E-state index is 13.9. The van der Waals surface area contributed by atoms with Gasteiger partial charge in [0.15, 0.2) is 0 Å². The number of fused-ring (bicyclic) bond motifs is 2. The fourth-order valence-electron chi connectivity index (χ4n) is 5.66. The van der Waals surface area contributed by atoms with E-state index in [1.807, 2.05) is 53.6 Å². The Morgan fingerprint density at radius 1 is 1.00 bits per heavy atom. The van der Waals surface area contributed by atoms with Crippen LogP contribution in [0.4, 0.5) is 11.4 Å². The molecule has 0 spiro atoms. The number of aromatic amines is 1. The number of nitrogens with zero attached hydrogens (tertiary/aromatic N) is 2. The minimum atomic E-state index is -0.00634. The van der Waals surface area contributed by atoms with Gasteiger partial charge in [0, 0.05) is 48.5 Å². The number of ether oxygens (including phenoxy) is 2. The van der Waals surface area contributed by atoms with E-state index in [2.05, 4.69) is 46.4 Å². The van der Waals surface area contributed by atoms with Gasteiger partial charge in [-0.05, 0) is 92.2 Å². The monoisotopic (exact) mass is 538 g/mol. The number of carbonyl (C=O) groups excluding carboxylic acids is 1. The lowest BCUT2D eigenvalue weighted by Gasteiger charge is -2.26. The van der Waals surface area contributed by atoms with Crippen molar-refractivity contribution in [2.75, 3.05) is 56.2 Å². The number of amides is 1. The Balaban J connectivity index is 1.25. The van der Waals surface area contributed by atoms with Crippen LogP contribution >= 0.6 is 0 Å². The van der Waals surface area contributed by atoms with E-state index < -0.39 is 0 Å². The quantitative estimate of drug-likeness (QED) is 0.262. The van der Waals surface area contributed by atoms with Crippen molar-refractivity contribution in [3.8, 4) is 16.9 Å². The largest absolute Gasteiger partial charge is 0.493 e. The highest BCUT2D eigenvalue weighted by Crippen LogP contribution is 2.35. The number of aromatic nitrogens is 1. The fraction of sp³-hybridized carbons (Fsp3) is 0.364. The van der Waals surface area contributed by atoms with Gasteiger partial charge >= 0.3 is 0 Å². The molecule has 3 aromatic carbocycles. The van der Waals surface area contributed by atoms with E-state index in [0.29, 0.717) is 24.8 Å². The van der Waals surface area contributed by atoms with Crippen LogP contribution in [0, 0.1) is 0 Å². The Kier molecular flexibility index (Phi) is 8.02. The molecule has 40 heavy (non-hydrogen) atoms. The Hall–Kier alpha value is -3.81. The van der Waals surface area contributed by atoms with Gasteiger partial charge in [0.25, 0.3) is 5.91 Å². The minimum absolute atomic E-state index is 0.00634. The topological polar surface area (TPSA) is 69.8 Å². The number of morpholine rings is 1. The second kappa shape index (κ2) is 12.1. The van der Waals surface area contributed by atoms with Crippen LogP contribution in [0.5, 0.6) is 5.75 Å². The summed E-state index contributed by atoms with van der Waals surface area (Å²) in [6.07, 6.45) is 4.85. The van der Waals surface area contributed by atoms with Gasteiger partial charge in [-0.1, -0.05) is 18.2 Å². The summed E-state index contributed by atoms with van der Waals surface area (Å²) in [4.78, 5) is 21.6. The highest BCUT2D eigenvalue weighted by Gasteiger charge is 2.25. The lowest BCUT2D eigenvalue weighted by molar-refractivity contribution is 0.0368. The first-order valence-electron chi connectivity index (χ1n) is 14.5. The number of hydrogen-bond acceptors (Lipinski definition) is 5. The molecule has 1 saturated heterocycles. The standard InChI is InChI=1S/C33H38N4O3/c1-24-13-16-37(31-7-3-2-6-30(31)35-24)33(38)27-8-10-28(25-9-11-29-26(22-25)12-14-34-29)32(23-27)40-19-5-4-15-36-17-20-39-21-18-36/h2-3,6-12,14,22-24,34-35H,4-5,13,15-21H2,1H3/t24-/m0/s1. The SMILES string of the molecule is C[C@H]1CCN(C(=O)c2ccc(-c3ccc4[nH]ccc4c3)c(OCCCCN3CCOCC3)c2)c2ccccc2N1. The van der Waals surface area contributed by atoms with Gasteiger partial charge in [0.05, 0.1) is 31.2 Å². The zero-order valence-electron chi connectivity index (χ0n) is 23.2. The highest BCUT2D eigenvalue weighted by molar-refractivity contribution is 6.08. The zero-order chi connectivity index (χ0) is 27.3. The Morgan fingerprint density at radius 3 is 2.77 bits per heavy atom. The number of carbonyl (C=O) groups is 1. The molecule has 2 aliphatic rings. The molecule has 1 aromatic heterocycles. The summed E-state index contributed by atoms with van der Waals surface area (Å²) < 4.78 is 11.9. The lowest BCUT2D eigenvalue weighted by atomic mass is 10.0. The van der Waals surface area contributed by atoms with Gasteiger partial charge in [-0.3, -0.25) is 9.69 Å². The van der Waals surface area contributed by atoms with Crippen LogP contribution in [0.2, 0.25) is 0 Å². The van der Waals surface area contributed by atoms with Crippen LogP contribution in [0.3, 0.4) is 0 Å². The molecule has 0 aliphatic carbocycles. The predicted molar refractivity (Wildman–Crippen MR) is 162 cm³/mol. The molecule has 4 aromatic rings. The van der Waals surface area contributed by atoms with Crippen molar-refractivity contribution < 1.29 is 14.3 Å². The number of H-pyrrole nitrogens is 1. The number of nitrogens with one attached hydrogen (secondary N) is 2. The summed E-state index contributed by atoms with van der Waals surface area (Å²) in [5.74, 6) is 0.745. The van der Waals surface area contributed by atoms with Crippen LogP contribution in [0.1, 0.15) is 36.5 Å². The van der Waals surface area contributed by atoms with Crippen molar-refractivity contribution >= 4 is 28.2 Å². The van der Waals surface area contributed by atoms with E-state index in [1.54, 1.807) is 0 Å². The molecule has 0 radical (unpaired) electrons. The first-order chi connectivity index (χ1) is 19.7. The van der Waals surface area contributed by atoms with Crippen molar-refractivity contribution in [2.45, 2.75) is 32.2 Å². The van der Waals surface area contributed by atoms with Crippen molar-refractivity contribution in [1.82, 2.24) is 9.88 Å². The maximum absolute atomic E-state index is 13.9. The molecule has 3 heterocycles. The van der Waals surface area contributed by atoms with Crippen molar-refractivity contribution in [2.24, 2.45) is 0 Å². The fourth-order valence-corrected chi connectivity index (χ4v) is 5.66. The Labute approximate surface area is 236 Å². The molecule has 0 saturated carbocycles. The summed E-state index contributed by atoms with van der Waals surface area (Å²) in [7, 11) is 0. The molecule has 1 amide bonds. The number of para-hydroxylation sites is 2. The molecule has 2 N–H and O–H groups in total. The number of anilines is 2. The van der Waals surface area contributed by atoms with Gasteiger partial charge < -0.3 is 24.7 Å². The molecule has 208 valence electrons. The van der Waals surface area contributed by atoms with Crippen LogP contribution < -0.4 is 15.0 Å². The maximum Gasteiger partial charge on any atom is 0.258 e. The average Bonchev–Trinajstić information content (AvgIpc) is 3.39. The number of rotatable bonds is 8. The van der Waals surface area contributed by atoms with E-state index in [-0.39, 0.29) is 5.91 Å². The van der Waals surface area contributed by atoms with Crippen LogP contribution in [-0.2, 0) is 4.74 Å². The number of benzene rings is 3. The normalized spacial score (nSPS) is 17.7. The molecule has 1 fully saturated rings. The third-order valence-corrected chi connectivity index (χ3v) is 7.95. The molecular formula is C33H38N4O3. The molecule has 0 unspecified atom stereocenters. The third-order valence-electron chi connectivity index (χ3n) is 7.95. The molecule has 6 rings (SSSR count). The van der Waals surface area contributed by atoms with Crippen molar-refractivity contribution in [3.63, 3.8) is 0 Å². The van der Waals surface area contributed by atoms with Gasteiger partial charge in [0.1, 0.15) is 5.75 Å². The molecule has 7 nitrogen and oxygen atoms in total. The smallest absolute Gasteiger partial charge is 0.258 e. The average molecular weight is 539 g/mol. The Bertz CT molecular complexity index is 1460. The number of hydrogen-bond donors (Lipinski definition) is 2.